The number of H-pyrrole nitrogens is 1. The van der Waals surface area contributed by atoms with Gasteiger partial charge in [0.05, 0.1) is 23.4 Å². The first-order valence-electron chi connectivity index (χ1n) is 7.94. The van der Waals surface area contributed by atoms with Gasteiger partial charge in [-0.3, -0.25) is 20.0 Å². The average Bonchev–Trinajstić information content (AvgIpc) is 3.14. The highest BCUT2D eigenvalue weighted by Crippen LogP contribution is 2.26. The Balaban J connectivity index is 1.78. The lowest BCUT2D eigenvalue weighted by molar-refractivity contribution is -0.384. The van der Waals surface area contributed by atoms with Gasteiger partial charge < -0.3 is 4.74 Å². The van der Waals surface area contributed by atoms with E-state index in [1.165, 1.54) is 43.5 Å². The largest absolute Gasteiger partial charge is 0.497 e. The molecular weight excluding hydrogens is 389 g/mol. The van der Waals surface area contributed by atoms with Crippen LogP contribution in [0.3, 0.4) is 0 Å². The molecule has 0 bridgehead atoms. The second-order valence-corrected chi connectivity index (χ2v) is 6.08. The van der Waals surface area contributed by atoms with Crippen molar-refractivity contribution in [2.24, 2.45) is 0 Å². The number of halogens is 2. The Bertz CT molecular complexity index is 1090. The van der Waals surface area contributed by atoms with Crippen molar-refractivity contribution >= 4 is 29.1 Å². The minimum absolute atomic E-state index is 0.122. The summed E-state index contributed by atoms with van der Waals surface area (Å²) in [4.78, 5) is 22.4. The zero-order valence-corrected chi connectivity index (χ0v) is 15.2. The summed E-state index contributed by atoms with van der Waals surface area (Å²) in [5.41, 5.74) is 1.05. The van der Waals surface area contributed by atoms with E-state index in [0.29, 0.717) is 17.1 Å². The van der Waals surface area contributed by atoms with Crippen LogP contribution in [-0.4, -0.2) is 28.0 Å². The summed E-state index contributed by atoms with van der Waals surface area (Å²) in [5, 5.41) is 17.4. The van der Waals surface area contributed by atoms with Crippen molar-refractivity contribution in [2.75, 3.05) is 7.11 Å². The lowest BCUT2D eigenvalue weighted by atomic mass is 10.1. The molecule has 1 heterocycles. The number of methoxy groups -OCH3 is 1. The number of aromatic nitrogens is 2. The number of carbonyl (C=O) groups excluding carboxylic acids is 1. The van der Waals surface area contributed by atoms with Crippen LogP contribution in [0.5, 0.6) is 5.75 Å². The Hall–Kier alpha value is -3.52. The van der Waals surface area contributed by atoms with Crippen LogP contribution < -0.4 is 4.74 Å². The van der Waals surface area contributed by atoms with Gasteiger partial charge in [0.2, 0.25) is 0 Å². The molecule has 0 atom stereocenters. The van der Waals surface area contributed by atoms with E-state index in [1.807, 2.05) is 0 Å². The number of benzene rings is 2. The second kappa shape index (κ2) is 8.01. The molecule has 0 unspecified atom stereocenters. The van der Waals surface area contributed by atoms with Gasteiger partial charge in [-0.25, -0.2) is 4.39 Å². The van der Waals surface area contributed by atoms with Crippen LogP contribution in [-0.2, 0) is 0 Å². The monoisotopic (exact) mass is 401 g/mol. The van der Waals surface area contributed by atoms with Crippen molar-refractivity contribution in [3.63, 3.8) is 0 Å². The molecular formula is C19H13ClFN3O4. The van der Waals surface area contributed by atoms with Crippen LogP contribution >= 0.6 is 11.6 Å². The van der Waals surface area contributed by atoms with E-state index in [4.69, 9.17) is 16.3 Å². The fraction of sp³-hybridized carbons (Fsp3) is 0.0526. The fourth-order valence-electron chi connectivity index (χ4n) is 2.46. The molecule has 0 aliphatic rings. The van der Waals surface area contributed by atoms with Crippen LogP contribution in [0.1, 0.15) is 16.1 Å². The van der Waals surface area contributed by atoms with E-state index in [0.717, 1.165) is 0 Å². The van der Waals surface area contributed by atoms with Gasteiger partial charge in [-0.15, -0.1) is 0 Å². The average molecular weight is 402 g/mol. The number of ketones is 1. The number of nitrogens with one attached hydrogen (secondary N) is 1. The highest BCUT2D eigenvalue weighted by atomic mass is 35.5. The summed E-state index contributed by atoms with van der Waals surface area (Å²) < 4.78 is 19.1. The number of ether oxygens (including phenoxy) is 1. The van der Waals surface area contributed by atoms with Crippen molar-refractivity contribution in [1.82, 2.24) is 10.2 Å². The molecule has 0 saturated carbocycles. The molecule has 0 fully saturated rings. The second-order valence-electron chi connectivity index (χ2n) is 5.68. The molecule has 142 valence electrons. The smallest absolute Gasteiger partial charge is 0.287 e. The van der Waals surface area contributed by atoms with Gasteiger partial charge in [0.25, 0.3) is 5.69 Å². The number of nitro groups is 1. The van der Waals surface area contributed by atoms with E-state index in [-0.39, 0.29) is 21.8 Å². The molecule has 9 heteroatoms. The molecule has 7 nitrogen and oxygen atoms in total. The third-order valence-corrected chi connectivity index (χ3v) is 4.20. The van der Waals surface area contributed by atoms with Crippen LogP contribution in [0.4, 0.5) is 10.1 Å². The molecule has 0 saturated heterocycles. The van der Waals surface area contributed by atoms with Gasteiger partial charge >= 0.3 is 0 Å². The molecule has 1 aromatic heterocycles. The molecule has 3 aromatic rings. The van der Waals surface area contributed by atoms with E-state index in [1.54, 1.807) is 18.2 Å². The van der Waals surface area contributed by atoms with E-state index in [2.05, 4.69) is 10.2 Å². The summed E-state index contributed by atoms with van der Waals surface area (Å²) >= 11 is 5.81. The normalized spacial score (nSPS) is 11.0. The van der Waals surface area contributed by atoms with Gasteiger partial charge in [-0.1, -0.05) is 11.6 Å². The number of allylic oxidation sites excluding steroid dienone is 1. The Kier molecular flexibility index (Phi) is 5.51. The molecule has 0 amide bonds. The van der Waals surface area contributed by atoms with Gasteiger partial charge in [0.1, 0.15) is 16.6 Å². The molecule has 2 aromatic carbocycles. The molecule has 0 aliphatic heterocycles. The zero-order chi connectivity index (χ0) is 20.3. The predicted molar refractivity (Wildman–Crippen MR) is 102 cm³/mol. The Labute approximate surface area is 163 Å². The lowest BCUT2D eigenvalue weighted by Gasteiger charge is -2.02. The number of rotatable bonds is 6. The summed E-state index contributed by atoms with van der Waals surface area (Å²) in [6, 6.07) is 9.72. The standard InChI is InChI=1S/C19H13ClFN3O4/c1-28-13-4-5-14(16(21)10-13)17-9-12(22-23-17)3-7-19(25)11-2-6-18(24(26)27)15(20)8-11/h2-10H,1H3,(H,22,23). The summed E-state index contributed by atoms with van der Waals surface area (Å²) in [7, 11) is 1.45. The fourth-order valence-corrected chi connectivity index (χ4v) is 2.71. The number of aromatic amines is 1. The molecule has 0 aliphatic carbocycles. The highest BCUT2D eigenvalue weighted by molar-refractivity contribution is 6.33. The lowest BCUT2D eigenvalue weighted by Crippen LogP contribution is -1.96. The van der Waals surface area contributed by atoms with Gasteiger partial charge in [0.15, 0.2) is 5.78 Å². The third kappa shape index (κ3) is 4.07. The van der Waals surface area contributed by atoms with E-state index in [9.17, 15) is 19.3 Å². The van der Waals surface area contributed by atoms with Crippen molar-refractivity contribution in [3.8, 4) is 17.0 Å². The minimum Gasteiger partial charge on any atom is -0.497 e. The highest BCUT2D eigenvalue weighted by Gasteiger charge is 2.14. The third-order valence-electron chi connectivity index (χ3n) is 3.89. The molecule has 0 radical (unpaired) electrons. The number of carbonyl (C=O) groups is 1. The summed E-state index contributed by atoms with van der Waals surface area (Å²) in [6.45, 7) is 0. The van der Waals surface area contributed by atoms with Crippen molar-refractivity contribution in [3.05, 3.63) is 80.8 Å². The van der Waals surface area contributed by atoms with E-state index >= 15 is 0 Å². The number of nitro benzene ring substituents is 1. The van der Waals surface area contributed by atoms with E-state index < -0.39 is 16.5 Å². The van der Waals surface area contributed by atoms with Crippen molar-refractivity contribution in [2.45, 2.75) is 0 Å². The number of hydrogen-bond acceptors (Lipinski definition) is 5. The number of nitrogens with zero attached hydrogens (tertiary/aromatic N) is 2. The Morgan fingerprint density at radius 2 is 2.07 bits per heavy atom. The van der Waals surface area contributed by atoms with Crippen LogP contribution in [0.25, 0.3) is 17.3 Å². The Morgan fingerprint density at radius 1 is 1.29 bits per heavy atom. The first-order valence-corrected chi connectivity index (χ1v) is 8.32. The molecule has 3 rings (SSSR count). The number of hydrogen-bond donors (Lipinski definition) is 1. The molecule has 28 heavy (non-hydrogen) atoms. The molecule has 1 N–H and O–H groups in total. The minimum atomic E-state index is -0.628. The van der Waals surface area contributed by atoms with Crippen LogP contribution in [0, 0.1) is 15.9 Å². The zero-order valence-electron chi connectivity index (χ0n) is 14.5. The first kappa shape index (κ1) is 19.2. The van der Waals surface area contributed by atoms with Crippen molar-refractivity contribution in [1.29, 1.82) is 0 Å². The van der Waals surface area contributed by atoms with Crippen molar-refractivity contribution < 1.29 is 18.8 Å². The maximum absolute atomic E-state index is 14.1. The Morgan fingerprint density at radius 3 is 2.71 bits per heavy atom. The van der Waals surface area contributed by atoms with Crippen LogP contribution in [0.2, 0.25) is 5.02 Å². The SMILES string of the molecule is COc1ccc(-c2cc(C=CC(=O)c3ccc([N+](=O)[O-])c(Cl)c3)[nH]n2)c(F)c1. The summed E-state index contributed by atoms with van der Waals surface area (Å²) in [6.07, 6.45) is 2.73. The topological polar surface area (TPSA) is 98.1 Å². The quantitative estimate of drug-likeness (QED) is 0.280. The summed E-state index contributed by atoms with van der Waals surface area (Å²) in [5.74, 6) is -0.495. The molecule has 0 spiro atoms. The first-order chi connectivity index (χ1) is 13.4. The van der Waals surface area contributed by atoms with Gasteiger partial charge in [-0.05, 0) is 42.5 Å². The predicted octanol–water partition coefficient (Wildman–Crippen LogP) is 4.68. The maximum Gasteiger partial charge on any atom is 0.287 e. The maximum atomic E-state index is 14.1. The van der Waals surface area contributed by atoms with Gasteiger partial charge in [0, 0.05) is 23.3 Å². The van der Waals surface area contributed by atoms with Gasteiger partial charge in [-0.2, -0.15) is 5.10 Å². The van der Waals surface area contributed by atoms with Crippen LogP contribution in [0.15, 0.2) is 48.5 Å².